The summed E-state index contributed by atoms with van der Waals surface area (Å²) < 4.78 is 5.26. The molecule has 1 N–H and O–H groups in total. The number of aromatic hydroxyl groups is 1. The standard InChI is InChI=1S/C22H23S.C19H17OS.C19H17S.C18H14OS.C18H15S/c1-22(2,3)18-14-16-21(17-15-18)23(19-10-6-4-7-11-19)20-12-8-5-9-13-20;1-20-16-12-14-19(15-13-16)21(17-8-4-2-5-9-17)18-10-6-3-7-11-18;1-16-12-14-19(15-13-16)20(17-8-4-2-5-9-17)18-10-6-3-7-11-18;19-15-11-13-18(14-12-15)20(16-7-3-1-4-8-16)17-9-5-2-6-10-17;1-4-10-16(11-5-1)19(17-12-6-2-7-13-17)18-14-8-3-9-15-18/h4-17H,1-3H3;2-15H,1H3;2-15H,1H3;1-14H;1-15H/q3*+1;;+1/p+1. The molecule has 7 heteroatoms. The molecule has 103 heavy (non-hydrogen) atoms. The Morgan fingerprint density at radius 3 is 0.534 bits per heavy atom. The van der Waals surface area contributed by atoms with E-state index in [1.165, 1.54) is 84.6 Å². The van der Waals surface area contributed by atoms with Crippen LogP contribution < -0.4 is 4.74 Å². The number of hydrogen-bond acceptors (Lipinski definition) is 2. The van der Waals surface area contributed by atoms with Crippen LogP contribution in [-0.2, 0) is 59.9 Å². The largest absolute Gasteiger partial charge is 0.508 e. The van der Waals surface area contributed by atoms with Gasteiger partial charge in [-0.25, -0.2) is 0 Å². The lowest BCUT2D eigenvalue weighted by Gasteiger charge is -2.19. The average molecular weight is 1430 g/mol. The van der Waals surface area contributed by atoms with Crippen LogP contribution in [0.25, 0.3) is 0 Å². The second-order valence-corrected chi connectivity index (χ2v) is 34.9. The van der Waals surface area contributed by atoms with E-state index in [0.717, 1.165) is 5.75 Å². The summed E-state index contributed by atoms with van der Waals surface area (Å²) >= 11 is 0. The van der Waals surface area contributed by atoms with Gasteiger partial charge in [0, 0.05) is 0 Å². The third-order valence-electron chi connectivity index (χ3n) is 16.3. The summed E-state index contributed by atoms with van der Waals surface area (Å²) in [6.45, 7) is 8.91. The Hall–Kier alpha value is -10.4. The van der Waals surface area contributed by atoms with Gasteiger partial charge in [-0.1, -0.05) is 251 Å². The smallest absolute Gasteiger partial charge is 0.166 e. The van der Waals surface area contributed by atoms with E-state index in [9.17, 15) is 5.11 Å². The van der Waals surface area contributed by atoms with Gasteiger partial charge in [0.05, 0.1) is 61.6 Å². The van der Waals surface area contributed by atoms with Gasteiger partial charge in [-0.05, 0) is 224 Å². The predicted molar refractivity (Wildman–Crippen MR) is 439 cm³/mol. The molecule has 0 spiro atoms. The highest BCUT2D eigenvalue weighted by Crippen LogP contribution is 2.37. The maximum Gasteiger partial charge on any atom is 0.166 e. The highest BCUT2D eigenvalue weighted by Gasteiger charge is 2.33. The number of phenolic OH excluding ortho intramolecular Hbond substituents is 1. The molecule has 0 aromatic heterocycles. The first-order valence-corrected chi connectivity index (χ1v) is 40.6. The molecule has 0 radical (unpaired) electrons. The lowest BCUT2D eigenvalue weighted by Crippen LogP contribution is -2.11. The van der Waals surface area contributed by atoms with Crippen LogP contribution in [0.2, 0.25) is 0 Å². The number of methoxy groups -OCH3 is 1. The Morgan fingerprint density at radius 1 is 0.204 bits per heavy atom. The molecular weight excluding hydrogens is 1350 g/mol. The fourth-order valence-corrected chi connectivity index (χ4v) is 21.7. The van der Waals surface area contributed by atoms with Crippen molar-refractivity contribution in [2.75, 3.05) is 7.11 Å². The van der Waals surface area contributed by atoms with Crippen molar-refractivity contribution in [1.82, 2.24) is 0 Å². The molecule has 15 aromatic rings. The van der Waals surface area contributed by atoms with E-state index in [4.69, 9.17) is 4.74 Å². The van der Waals surface area contributed by atoms with Crippen molar-refractivity contribution >= 4 is 54.5 Å². The van der Waals surface area contributed by atoms with E-state index < -0.39 is 0 Å². The van der Waals surface area contributed by atoms with E-state index in [-0.39, 0.29) is 59.9 Å². The van der Waals surface area contributed by atoms with E-state index in [2.05, 4.69) is 410 Å². The van der Waals surface area contributed by atoms with Crippen LogP contribution in [0.3, 0.4) is 0 Å². The third-order valence-corrected chi connectivity index (χ3v) is 27.5. The summed E-state index contributed by atoms with van der Waals surface area (Å²) in [5, 5.41) is 9.48. The van der Waals surface area contributed by atoms with Crippen molar-refractivity contribution in [1.29, 1.82) is 0 Å². The highest BCUT2D eigenvalue weighted by molar-refractivity contribution is 7.98. The first-order chi connectivity index (χ1) is 50.6. The van der Waals surface area contributed by atoms with Gasteiger partial charge < -0.3 is 9.84 Å². The van der Waals surface area contributed by atoms with Gasteiger partial charge in [-0.3, -0.25) is 0 Å². The minimum atomic E-state index is -0.134. The number of aryl methyl sites for hydroxylation is 1. The first-order valence-electron chi connectivity index (χ1n) is 34.5. The van der Waals surface area contributed by atoms with Gasteiger partial charge in [-0.2, -0.15) is 0 Å². The normalized spacial score (nSPS) is 10.9. The number of benzene rings is 15. The molecule has 0 amide bonds. The molecule has 0 fully saturated rings. The molecule has 508 valence electrons. The van der Waals surface area contributed by atoms with Gasteiger partial charge >= 0.3 is 0 Å². The molecule has 0 bridgehead atoms. The second-order valence-electron chi connectivity index (χ2n) is 24.7. The van der Waals surface area contributed by atoms with Crippen LogP contribution in [0.15, 0.2) is 504 Å². The van der Waals surface area contributed by atoms with Crippen LogP contribution in [0, 0.1) is 6.92 Å². The summed E-state index contributed by atoms with van der Waals surface area (Å²) in [5.41, 5.74) is 2.88. The van der Waals surface area contributed by atoms with E-state index >= 15 is 0 Å². The molecular formula is C96H87O2S5+5. The van der Waals surface area contributed by atoms with E-state index in [0.29, 0.717) is 5.75 Å². The summed E-state index contributed by atoms with van der Waals surface area (Å²) in [6.07, 6.45) is 0. The third kappa shape index (κ3) is 21.4. The molecule has 0 aliphatic rings. The van der Waals surface area contributed by atoms with Crippen molar-refractivity contribution in [2.45, 2.75) is 107 Å². The maximum atomic E-state index is 9.48. The van der Waals surface area contributed by atoms with Crippen LogP contribution in [0.1, 0.15) is 31.9 Å². The molecule has 0 heterocycles. The summed E-state index contributed by atoms with van der Waals surface area (Å²) in [6, 6.07) is 151. The van der Waals surface area contributed by atoms with Crippen molar-refractivity contribution in [3.63, 3.8) is 0 Å². The topological polar surface area (TPSA) is 29.5 Å². The van der Waals surface area contributed by atoms with E-state index in [1.54, 1.807) is 19.2 Å². The molecule has 0 saturated carbocycles. The van der Waals surface area contributed by atoms with Gasteiger partial charge in [-0.15, -0.1) is 0 Å². The predicted octanol–water partition coefficient (Wildman–Crippen LogP) is 25.2. The zero-order valence-electron chi connectivity index (χ0n) is 58.9. The van der Waals surface area contributed by atoms with Crippen LogP contribution in [-0.4, -0.2) is 12.2 Å². The molecule has 15 aromatic carbocycles. The zero-order chi connectivity index (χ0) is 71.3. The Labute approximate surface area is 626 Å². The fourth-order valence-electron chi connectivity index (χ4n) is 11.2. The van der Waals surface area contributed by atoms with Crippen molar-refractivity contribution in [3.05, 3.63) is 442 Å². The Bertz CT molecular complexity index is 4440. The van der Waals surface area contributed by atoms with Crippen LogP contribution >= 0.6 is 0 Å². The number of phenols is 1. The van der Waals surface area contributed by atoms with Crippen molar-refractivity contribution in [2.24, 2.45) is 0 Å². The minimum absolute atomic E-state index is 0.0146. The molecule has 0 aliphatic heterocycles. The molecule has 2 nitrogen and oxygen atoms in total. The number of rotatable bonds is 16. The van der Waals surface area contributed by atoms with Crippen molar-refractivity contribution in [3.8, 4) is 11.5 Å². The van der Waals surface area contributed by atoms with Crippen molar-refractivity contribution < 1.29 is 9.84 Å². The molecule has 0 aliphatic carbocycles. The number of ether oxygens (including phenoxy) is 1. The van der Waals surface area contributed by atoms with Gasteiger partial charge in [0.15, 0.2) is 73.4 Å². The lowest BCUT2D eigenvalue weighted by molar-refractivity contribution is 0.414. The zero-order valence-corrected chi connectivity index (χ0v) is 63.0. The van der Waals surface area contributed by atoms with Gasteiger partial charge in [0.25, 0.3) is 0 Å². The molecule has 0 saturated heterocycles. The quantitative estimate of drug-likeness (QED) is 0.0977. The first kappa shape index (κ1) is 73.9. The van der Waals surface area contributed by atoms with Gasteiger partial charge in [0.2, 0.25) is 0 Å². The molecule has 0 atom stereocenters. The van der Waals surface area contributed by atoms with Gasteiger partial charge in [0.1, 0.15) is 11.5 Å². The van der Waals surface area contributed by atoms with Crippen LogP contribution in [0.4, 0.5) is 0 Å². The van der Waals surface area contributed by atoms with Crippen LogP contribution in [0.5, 0.6) is 11.5 Å². The SMILES string of the molecule is CC(C)(C)c1ccc([S+](c2ccccc2)c2ccccc2)cc1.COc1ccc([S+](c2ccccc2)c2ccccc2)cc1.Cc1ccc([S+](c2ccccc2)c2ccccc2)cc1.Oc1ccc([S+](c2ccccc2)c2ccccc2)cc1.c1ccc([S+](c2ccccc2)c2ccccc2)cc1. The maximum absolute atomic E-state index is 9.48. The summed E-state index contributed by atoms with van der Waals surface area (Å²) in [4.78, 5) is 20.0. The molecule has 15 rings (SSSR count). The number of hydrogen-bond donors (Lipinski definition) is 1. The monoisotopic (exact) mass is 1430 g/mol. The second kappa shape index (κ2) is 38.6. The summed E-state index contributed by atoms with van der Waals surface area (Å²) in [7, 11) is 1.40. The minimum Gasteiger partial charge on any atom is -0.508 e. The highest BCUT2D eigenvalue weighted by atomic mass is 32.2. The Kier molecular flexibility index (Phi) is 27.7. The summed E-state index contributed by atoms with van der Waals surface area (Å²) in [5.74, 6) is 1.20. The Morgan fingerprint density at radius 2 is 0.359 bits per heavy atom. The average Bonchev–Trinajstić information content (AvgIpc) is 0.847. The van der Waals surface area contributed by atoms with E-state index in [1.807, 2.05) is 36.4 Å². The lowest BCUT2D eigenvalue weighted by atomic mass is 9.87. The molecule has 0 unspecified atom stereocenters. The fraction of sp³-hybridized carbons (Fsp3) is 0.0625. The Balaban J connectivity index is 0.000000129.